The van der Waals surface area contributed by atoms with Gasteiger partial charge in [-0.05, 0) is 37.7 Å². The number of nitrogens with one attached hydrogen (secondary N) is 1. The molecule has 24 heavy (non-hydrogen) atoms. The van der Waals surface area contributed by atoms with Crippen LogP contribution in [0.1, 0.15) is 25.3 Å². The van der Waals surface area contributed by atoms with Crippen LogP contribution in [0.15, 0.2) is 53.3 Å². The molecule has 4 nitrogen and oxygen atoms in total. The van der Waals surface area contributed by atoms with E-state index in [2.05, 4.69) is 34.9 Å². The number of fused-ring (bicyclic) bond motifs is 1. The summed E-state index contributed by atoms with van der Waals surface area (Å²) < 4.78 is 0. The number of aromatic nitrogens is 2. The predicted molar refractivity (Wildman–Crippen MR) is 99.0 cm³/mol. The predicted octanol–water partition coefficient (Wildman–Crippen LogP) is 3.82. The molecule has 0 bridgehead atoms. The molecule has 1 N–H and O–H groups in total. The van der Waals surface area contributed by atoms with E-state index in [1.54, 1.807) is 6.07 Å². The van der Waals surface area contributed by atoms with Gasteiger partial charge in [-0.2, -0.15) is 0 Å². The summed E-state index contributed by atoms with van der Waals surface area (Å²) in [4.78, 5) is 22.2. The molecule has 3 rings (SSSR count). The van der Waals surface area contributed by atoms with Crippen LogP contribution in [0.5, 0.6) is 0 Å². The Bertz CT molecular complexity index is 885. The molecule has 0 spiro atoms. The normalized spacial score (nSPS) is 11.3. The van der Waals surface area contributed by atoms with Gasteiger partial charge in [0, 0.05) is 12.1 Å². The molecule has 0 saturated carbocycles. The standard InChI is InChI=1S/C20H23N3O/c1-3-4-13-23(2)14-15-9-5-6-10-16(15)19-21-18-12-8-7-11-17(18)20(24)22-19/h5-12H,3-4,13-14H2,1-2H3,(H,21,22,24). The Kier molecular flexibility index (Phi) is 5.06. The lowest BCUT2D eigenvalue weighted by atomic mass is 10.1. The smallest absolute Gasteiger partial charge is 0.259 e. The van der Waals surface area contributed by atoms with Crippen LogP contribution in [-0.4, -0.2) is 28.5 Å². The number of hydrogen-bond donors (Lipinski definition) is 1. The van der Waals surface area contributed by atoms with Gasteiger partial charge in [-0.3, -0.25) is 4.79 Å². The third kappa shape index (κ3) is 3.54. The fraction of sp³-hybridized carbons (Fsp3) is 0.300. The molecule has 0 aliphatic carbocycles. The minimum atomic E-state index is -0.0928. The van der Waals surface area contributed by atoms with E-state index < -0.39 is 0 Å². The zero-order chi connectivity index (χ0) is 16.9. The number of H-pyrrole nitrogens is 1. The van der Waals surface area contributed by atoms with Gasteiger partial charge in [0.25, 0.3) is 5.56 Å². The lowest BCUT2D eigenvalue weighted by Gasteiger charge is -2.18. The Balaban J connectivity index is 1.99. The van der Waals surface area contributed by atoms with E-state index in [9.17, 15) is 4.79 Å². The highest BCUT2D eigenvalue weighted by Gasteiger charge is 2.11. The summed E-state index contributed by atoms with van der Waals surface area (Å²) in [5, 5.41) is 0.624. The van der Waals surface area contributed by atoms with Crippen molar-refractivity contribution in [3.63, 3.8) is 0 Å². The number of rotatable bonds is 6. The van der Waals surface area contributed by atoms with Crippen molar-refractivity contribution in [2.75, 3.05) is 13.6 Å². The summed E-state index contributed by atoms with van der Waals surface area (Å²) in [5.74, 6) is 0.637. The zero-order valence-electron chi connectivity index (χ0n) is 14.2. The lowest BCUT2D eigenvalue weighted by Crippen LogP contribution is -2.19. The second kappa shape index (κ2) is 7.41. The summed E-state index contributed by atoms with van der Waals surface area (Å²) in [6.07, 6.45) is 2.37. The maximum atomic E-state index is 12.3. The first kappa shape index (κ1) is 16.4. The maximum Gasteiger partial charge on any atom is 0.259 e. The Morgan fingerprint density at radius 2 is 1.83 bits per heavy atom. The highest BCUT2D eigenvalue weighted by molar-refractivity contribution is 5.79. The van der Waals surface area contributed by atoms with Gasteiger partial charge >= 0.3 is 0 Å². The Morgan fingerprint density at radius 1 is 1.08 bits per heavy atom. The van der Waals surface area contributed by atoms with Crippen molar-refractivity contribution in [2.24, 2.45) is 0 Å². The van der Waals surface area contributed by atoms with Gasteiger partial charge in [0.05, 0.1) is 10.9 Å². The molecule has 124 valence electrons. The van der Waals surface area contributed by atoms with Crippen molar-refractivity contribution in [3.8, 4) is 11.4 Å². The molecule has 0 unspecified atom stereocenters. The van der Waals surface area contributed by atoms with Crippen LogP contribution in [0.2, 0.25) is 0 Å². The number of benzene rings is 2. The minimum Gasteiger partial charge on any atom is -0.306 e. The molecular weight excluding hydrogens is 298 g/mol. The van der Waals surface area contributed by atoms with Crippen molar-refractivity contribution >= 4 is 10.9 Å². The summed E-state index contributed by atoms with van der Waals surface area (Å²) in [6, 6.07) is 15.6. The van der Waals surface area contributed by atoms with E-state index >= 15 is 0 Å². The van der Waals surface area contributed by atoms with Crippen LogP contribution < -0.4 is 5.56 Å². The maximum absolute atomic E-state index is 12.3. The molecular formula is C20H23N3O. The molecule has 0 aliphatic heterocycles. The van der Waals surface area contributed by atoms with Crippen LogP contribution in [0.4, 0.5) is 0 Å². The van der Waals surface area contributed by atoms with E-state index in [1.807, 2.05) is 36.4 Å². The van der Waals surface area contributed by atoms with Crippen molar-refractivity contribution in [1.29, 1.82) is 0 Å². The molecule has 3 aromatic rings. The van der Waals surface area contributed by atoms with Gasteiger partial charge in [-0.25, -0.2) is 4.98 Å². The van der Waals surface area contributed by atoms with Crippen molar-refractivity contribution in [2.45, 2.75) is 26.3 Å². The number of unbranched alkanes of at least 4 members (excludes halogenated alkanes) is 1. The first-order valence-electron chi connectivity index (χ1n) is 8.45. The van der Waals surface area contributed by atoms with E-state index in [1.165, 1.54) is 18.4 Å². The van der Waals surface area contributed by atoms with Gasteiger partial charge < -0.3 is 9.88 Å². The average molecular weight is 321 g/mol. The van der Waals surface area contributed by atoms with Crippen LogP contribution in [0.3, 0.4) is 0 Å². The summed E-state index contributed by atoms with van der Waals surface area (Å²) in [5.41, 5.74) is 2.80. The van der Waals surface area contributed by atoms with E-state index in [0.29, 0.717) is 11.2 Å². The van der Waals surface area contributed by atoms with Crippen molar-refractivity contribution in [1.82, 2.24) is 14.9 Å². The monoisotopic (exact) mass is 321 g/mol. The van der Waals surface area contributed by atoms with Gasteiger partial charge in [0.1, 0.15) is 5.82 Å². The number of nitrogens with zero attached hydrogens (tertiary/aromatic N) is 2. The van der Waals surface area contributed by atoms with Crippen molar-refractivity contribution in [3.05, 3.63) is 64.4 Å². The van der Waals surface area contributed by atoms with Crippen LogP contribution >= 0.6 is 0 Å². The largest absolute Gasteiger partial charge is 0.306 e. The lowest BCUT2D eigenvalue weighted by molar-refractivity contribution is 0.321. The molecule has 0 fully saturated rings. The molecule has 0 radical (unpaired) electrons. The summed E-state index contributed by atoms with van der Waals surface area (Å²) >= 11 is 0. The van der Waals surface area contributed by atoms with E-state index in [-0.39, 0.29) is 5.56 Å². The Labute approximate surface area is 142 Å². The highest BCUT2D eigenvalue weighted by atomic mass is 16.1. The fourth-order valence-corrected chi connectivity index (χ4v) is 2.90. The van der Waals surface area contributed by atoms with Gasteiger partial charge in [-0.15, -0.1) is 0 Å². The third-order valence-corrected chi connectivity index (χ3v) is 4.22. The van der Waals surface area contributed by atoms with Crippen molar-refractivity contribution < 1.29 is 0 Å². The summed E-state index contributed by atoms with van der Waals surface area (Å²) in [7, 11) is 2.13. The van der Waals surface area contributed by atoms with Crippen LogP contribution in [0.25, 0.3) is 22.3 Å². The molecule has 0 saturated heterocycles. The van der Waals surface area contributed by atoms with Gasteiger partial charge in [0.15, 0.2) is 0 Å². The molecule has 1 aromatic heterocycles. The van der Waals surface area contributed by atoms with E-state index in [4.69, 9.17) is 0 Å². The van der Waals surface area contributed by atoms with E-state index in [0.717, 1.165) is 24.2 Å². The molecule has 0 amide bonds. The highest BCUT2D eigenvalue weighted by Crippen LogP contribution is 2.22. The Morgan fingerprint density at radius 3 is 2.67 bits per heavy atom. The minimum absolute atomic E-state index is 0.0928. The molecule has 0 atom stereocenters. The third-order valence-electron chi connectivity index (χ3n) is 4.22. The average Bonchev–Trinajstić information content (AvgIpc) is 2.60. The molecule has 0 aliphatic rings. The number of para-hydroxylation sites is 1. The Hall–Kier alpha value is -2.46. The van der Waals surface area contributed by atoms with Gasteiger partial charge in [0.2, 0.25) is 0 Å². The second-order valence-electron chi connectivity index (χ2n) is 6.18. The number of hydrogen-bond acceptors (Lipinski definition) is 3. The SMILES string of the molecule is CCCCN(C)Cc1ccccc1-c1nc2ccccc2c(=O)[nH]1. The molecule has 2 aromatic carbocycles. The number of aromatic amines is 1. The summed E-state index contributed by atoms with van der Waals surface area (Å²) in [6.45, 7) is 4.10. The van der Waals surface area contributed by atoms with Crippen LogP contribution in [-0.2, 0) is 6.54 Å². The second-order valence-corrected chi connectivity index (χ2v) is 6.18. The first-order chi connectivity index (χ1) is 11.7. The van der Waals surface area contributed by atoms with Crippen LogP contribution in [0, 0.1) is 0 Å². The van der Waals surface area contributed by atoms with Gasteiger partial charge in [-0.1, -0.05) is 49.7 Å². The molecule has 1 heterocycles. The fourth-order valence-electron chi connectivity index (χ4n) is 2.90. The topological polar surface area (TPSA) is 49.0 Å². The molecule has 4 heteroatoms. The quantitative estimate of drug-likeness (QED) is 0.751. The zero-order valence-corrected chi connectivity index (χ0v) is 14.2. The first-order valence-corrected chi connectivity index (χ1v) is 8.45.